The van der Waals surface area contributed by atoms with Gasteiger partial charge < -0.3 is 14.8 Å². The normalized spacial score (nSPS) is 21.0. The SMILES string of the molecule is CCOC(=O)c1c(NC(=O)c2ccc(S(=O)(=O)N3C[C@@H](C)O[C@@H](C)C3)cc2)sc2c1CCN(C(C)C)C2. The summed E-state index contributed by atoms with van der Waals surface area (Å²) in [7, 11) is -3.71. The number of esters is 1. The molecule has 2 aromatic rings. The van der Waals surface area contributed by atoms with Gasteiger partial charge in [-0.15, -0.1) is 11.3 Å². The predicted molar refractivity (Wildman–Crippen MR) is 143 cm³/mol. The number of nitrogens with one attached hydrogen (secondary N) is 1. The minimum absolute atomic E-state index is 0.123. The van der Waals surface area contributed by atoms with Gasteiger partial charge >= 0.3 is 5.97 Å². The number of carbonyl (C=O) groups is 2. The first kappa shape index (κ1) is 27.7. The number of fused-ring (bicyclic) bond motifs is 1. The first-order valence-corrected chi connectivity index (χ1v) is 14.9. The van der Waals surface area contributed by atoms with Crippen molar-refractivity contribution < 1.29 is 27.5 Å². The molecule has 0 saturated carbocycles. The fourth-order valence-electron chi connectivity index (χ4n) is 4.80. The van der Waals surface area contributed by atoms with Gasteiger partial charge in [0, 0.05) is 42.7 Å². The van der Waals surface area contributed by atoms with Crippen LogP contribution in [0.3, 0.4) is 0 Å². The third-order valence-corrected chi connectivity index (χ3v) is 9.64. The Hall–Kier alpha value is -2.31. The number of carbonyl (C=O) groups excluding carboxylic acids is 2. The summed E-state index contributed by atoms with van der Waals surface area (Å²) < 4.78 is 38.6. The van der Waals surface area contributed by atoms with E-state index in [-0.39, 0.29) is 36.8 Å². The number of sulfonamides is 1. The number of hydrogen-bond donors (Lipinski definition) is 1. The number of anilines is 1. The monoisotopic (exact) mass is 549 g/mol. The van der Waals surface area contributed by atoms with Gasteiger partial charge in [0.1, 0.15) is 5.00 Å². The largest absolute Gasteiger partial charge is 0.462 e. The van der Waals surface area contributed by atoms with Crippen molar-refractivity contribution in [3.8, 4) is 0 Å². The number of ether oxygens (including phenoxy) is 2. The smallest absolute Gasteiger partial charge is 0.341 e. The summed E-state index contributed by atoms with van der Waals surface area (Å²) in [5.74, 6) is -0.855. The number of hydrogen-bond acceptors (Lipinski definition) is 8. The maximum absolute atomic E-state index is 13.1. The lowest BCUT2D eigenvalue weighted by Gasteiger charge is -2.34. The molecule has 4 rings (SSSR count). The lowest BCUT2D eigenvalue weighted by atomic mass is 10.0. The van der Waals surface area contributed by atoms with Crippen molar-refractivity contribution in [1.82, 2.24) is 9.21 Å². The zero-order chi connectivity index (χ0) is 26.9. The second kappa shape index (κ2) is 11.2. The molecule has 0 spiro atoms. The van der Waals surface area contributed by atoms with Crippen molar-refractivity contribution in [2.24, 2.45) is 0 Å². The third kappa shape index (κ3) is 5.91. The number of amides is 1. The summed E-state index contributed by atoms with van der Waals surface area (Å²) in [6.07, 6.45) is 0.321. The molecule has 0 bridgehead atoms. The Bertz CT molecular complexity index is 1250. The van der Waals surface area contributed by atoms with Crippen LogP contribution >= 0.6 is 11.3 Å². The van der Waals surface area contributed by atoms with E-state index in [4.69, 9.17) is 9.47 Å². The van der Waals surface area contributed by atoms with Crippen LogP contribution in [0.2, 0.25) is 0 Å². The van der Waals surface area contributed by atoms with Crippen LogP contribution in [-0.2, 0) is 32.5 Å². The summed E-state index contributed by atoms with van der Waals surface area (Å²) in [4.78, 5) is 29.5. The molecule has 11 heteroatoms. The van der Waals surface area contributed by atoms with Crippen LogP contribution in [0.25, 0.3) is 0 Å². The molecule has 1 amide bonds. The van der Waals surface area contributed by atoms with Gasteiger partial charge in [0.15, 0.2) is 0 Å². The molecule has 1 aromatic carbocycles. The fourth-order valence-corrected chi connectivity index (χ4v) is 7.65. The molecule has 1 fully saturated rings. The van der Waals surface area contributed by atoms with E-state index in [9.17, 15) is 18.0 Å². The summed E-state index contributed by atoms with van der Waals surface area (Å²) >= 11 is 1.40. The first-order chi connectivity index (χ1) is 17.5. The molecular formula is C26H35N3O6S2. The summed E-state index contributed by atoms with van der Waals surface area (Å²) in [6.45, 7) is 12.1. The van der Waals surface area contributed by atoms with E-state index in [0.29, 0.717) is 35.1 Å². The molecule has 202 valence electrons. The average molecular weight is 550 g/mol. The van der Waals surface area contributed by atoms with E-state index >= 15 is 0 Å². The molecule has 2 aliphatic heterocycles. The molecule has 1 aromatic heterocycles. The summed E-state index contributed by atoms with van der Waals surface area (Å²) in [6, 6.07) is 6.25. The maximum atomic E-state index is 13.1. The van der Waals surface area contributed by atoms with Crippen molar-refractivity contribution in [1.29, 1.82) is 0 Å². The van der Waals surface area contributed by atoms with E-state index in [1.165, 1.54) is 39.9 Å². The zero-order valence-electron chi connectivity index (χ0n) is 21.9. The lowest BCUT2D eigenvalue weighted by Crippen LogP contribution is -2.48. The molecule has 3 heterocycles. The number of morpholine rings is 1. The van der Waals surface area contributed by atoms with Crippen LogP contribution in [0.4, 0.5) is 5.00 Å². The van der Waals surface area contributed by atoms with Crippen molar-refractivity contribution in [2.75, 3.05) is 31.6 Å². The Kier molecular flexibility index (Phi) is 8.39. The van der Waals surface area contributed by atoms with Gasteiger partial charge in [0.25, 0.3) is 5.91 Å². The number of thiophene rings is 1. The second-order valence-electron chi connectivity index (χ2n) is 9.80. The van der Waals surface area contributed by atoms with Gasteiger partial charge in [-0.05, 0) is 70.9 Å². The lowest BCUT2D eigenvalue weighted by molar-refractivity contribution is -0.0440. The Morgan fingerprint density at radius 3 is 2.41 bits per heavy atom. The molecule has 0 unspecified atom stereocenters. The number of rotatable bonds is 7. The molecule has 0 radical (unpaired) electrons. The Morgan fingerprint density at radius 1 is 1.16 bits per heavy atom. The Morgan fingerprint density at radius 2 is 1.81 bits per heavy atom. The van der Waals surface area contributed by atoms with Gasteiger partial charge in [-0.1, -0.05) is 0 Å². The fraction of sp³-hybridized carbons (Fsp3) is 0.538. The Balaban J connectivity index is 1.55. The van der Waals surface area contributed by atoms with Crippen LogP contribution < -0.4 is 5.32 Å². The van der Waals surface area contributed by atoms with Crippen LogP contribution in [0.15, 0.2) is 29.2 Å². The maximum Gasteiger partial charge on any atom is 0.341 e. The van der Waals surface area contributed by atoms with Crippen molar-refractivity contribution >= 4 is 38.2 Å². The minimum Gasteiger partial charge on any atom is -0.462 e. The van der Waals surface area contributed by atoms with Gasteiger partial charge in [-0.2, -0.15) is 4.31 Å². The second-order valence-corrected chi connectivity index (χ2v) is 12.8. The van der Waals surface area contributed by atoms with Crippen LogP contribution in [0, 0.1) is 0 Å². The highest BCUT2D eigenvalue weighted by atomic mass is 32.2. The molecule has 0 aliphatic carbocycles. The van der Waals surface area contributed by atoms with Crippen molar-refractivity contribution in [3.63, 3.8) is 0 Å². The van der Waals surface area contributed by atoms with Gasteiger partial charge in [-0.3, -0.25) is 9.69 Å². The van der Waals surface area contributed by atoms with E-state index in [1.54, 1.807) is 6.92 Å². The van der Waals surface area contributed by atoms with Gasteiger partial charge in [0.05, 0.1) is 29.3 Å². The van der Waals surface area contributed by atoms with Crippen molar-refractivity contribution in [2.45, 2.75) is 70.7 Å². The van der Waals surface area contributed by atoms with E-state index in [1.807, 2.05) is 13.8 Å². The van der Waals surface area contributed by atoms with Gasteiger partial charge in [0.2, 0.25) is 10.0 Å². The zero-order valence-corrected chi connectivity index (χ0v) is 23.6. The quantitative estimate of drug-likeness (QED) is 0.525. The van der Waals surface area contributed by atoms with E-state index in [2.05, 4.69) is 24.1 Å². The Labute approximate surface area is 222 Å². The molecule has 1 N–H and O–H groups in total. The molecular weight excluding hydrogens is 514 g/mol. The number of benzene rings is 1. The third-order valence-electron chi connectivity index (χ3n) is 6.66. The summed E-state index contributed by atoms with van der Waals surface area (Å²) in [5, 5.41) is 3.35. The standard InChI is InChI=1S/C26H35N3O6S2/c1-6-34-26(31)23-21-11-12-28(16(2)3)15-22(21)36-25(23)27-24(30)19-7-9-20(10-8-19)37(32,33)29-13-17(4)35-18(5)14-29/h7-10,16-18H,6,11-15H2,1-5H3,(H,27,30)/t17-,18+. The highest BCUT2D eigenvalue weighted by Crippen LogP contribution is 2.38. The molecule has 2 atom stereocenters. The summed E-state index contributed by atoms with van der Waals surface area (Å²) in [5.41, 5.74) is 1.66. The van der Waals surface area contributed by atoms with E-state index in [0.717, 1.165) is 17.0 Å². The van der Waals surface area contributed by atoms with E-state index < -0.39 is 21.9 Å². The number of nitrogens with zero attached hydrogens (tertiary/aromatic N) is 2. The van der Waals surface area contributed by atoms with Gasteiger partial charge in [-0.25, -0.2) is 13.2 Å². The topological polar surface area (TPSA) is 105 Å². The predicted octanol–water partition coefficient (Wildman–Crippen LogP) is 3.74. The van der Waals surface area contributed by atoms with Crippen molar-refractivity contribution in [3.05, 3.63) is 45.8 Å². The molecule has 1 saturated heterocycles. The van der Waals surface area contributed by atoms with Crippen LogP contribution in [0.5, 0.6) is 0 Å². The molecule has 2 aliphatic rings. The highest BCUT2D eigenvalue weighted by Gasteiger charge is 2.33. The molecule has 37 heavy (non-hydrogen) atoms. The molecule has 9 nitrogen and oxygen atoms in total. The van der Waals surface area contributed by atoms with Crippen LogP contribution in [0.1, 0.15) is 65.8 Å². The first-order valence-electron chi connectivity index (χ1n) is 12.6. The minimum atomic E-state index is -3.71. The highest BCUT2D eigenvalue weighted by molar-refractivity contribution is 7.89. The average Bonchev–Trinajstić information content (AvgIpc) is 3.20. The van der Waals surface area contributed by atoms with Crippen LogP contribution in [-0.4, -0.2) is 74.0 Å².